The number of halogens is 1. The predicted molar refractivity (Wildman–Crippen MR) is 118 cm³/mol. The monoisotopic (exact) mass is 433 g/mol. The Morgan fingerprint density at radius 2 is 2.00 bits per heavy atom. The van der Waals surface area contributed by atoms with Crippen LogP contribution in [0.3, 0.4) is 0 Å². The molecule has 4 heterocycles. The maximum atomic E-state index is 13.6. The second kappa shape index (κ2) is 7.63. The molecule has 2 aromatic heterocycles. The Morgan fingerprint density at radius 3 is 2.91 bits per heavy atom. The lowest BCUT2D eigenvalue weighted by Crippen LogP contribution is -2.23. The van der Waals surface area contributed by atoms with Crippen LogP contribution in [0.1, 0.15) is 30.3 Å². The first kappa shape index (κ1) is 19.3. The molecule has 8 heteroatoms. The van der Waals surface area contributed by atoms with Crippen LogP contribution in [0.4, 0.5) is 4.39 Å². The van der Waals surface area contributed by atoms with Gasteiger partial charge in [-0.2, -0.15) is 5.10 Å². The number of fused-ring (bicyclic) bond motifs is 2. The van der Waals surface area contributed by atoms with Gasteiger partial charge in [-0.15, -0.1) is 0 Å². The fourth-order valence-corrected chi connectivity index (χ4v) is 4.79. The Kier molecular flexibility index (Phi) is 4.61. The van der Waals surface area contributed by atoms with E-state index in [0.29, 0.717) is 13.2 Å². The number of benzene rings is 2. The number of imidazole rings is 1. The molecule has 2 aromatic carbocycles. The number of hydrogen-bond donors (Lipinski definition) is 1. The van der Waals surface area contributed by atoms with E-state index in [0.717, 1.165) is 71.1 Å². The Bertz CT molecular complexity index is 1300. The van der Waals surface area contributed by atoms with Gasteiger partial charge in [-0.1, -0.05) is 0 Å². The largest absolute Gasteiger partial charge is 0.486 e. The van der Waals surface area contributed by atoms with Gasteiger partial charge in [-0.25, -0.2) is 9.37 Å². The number of aromatic amines is 1. The van der Waals surface area contributed by atoms with E-state index in [2.05, 4.69) is 16.1 Å². The van der Waals surface area contributed by atoms with Crippen molar-refractivity contribution in [1.82, 2.24) is 24.6 Å². The lowest BCUT2D eigenvalue weighted by atomic mass is 10.1. The van der Waals surface area contributed by atoms with E-state index >= 15 is 0 Å². The Labute approximate surface area is 184 Å². The highest BCUT2D eigenvalue weighted by atomic mass is 19.1. The van der Waals surface area contributed by atoms with Gasteiger partial charge in [0.05, 0.1) is 22.8 Å². The van der Waals surface area contributed by atoms with Crippen molar-refractivity contribution in [3.05, 3.63) is 59.8 Å². The number of ether oxygens (including phenoxy) is 2. The first-order valence-corrected chi connectivity index (χ1v) is 11.0. The van der Waals surface area contributed by atoms with Crippen molar-refractivity contribution in [3.63, 3.8) is 0 Å². The molecule has 1 saturated heterocycles. The molecule has 6 rings (SSSR count). The summed E-state index contributed by atoms with van der Waals surface area (Å²) in [5, 5.41) is 4.74. The van der Waals surface area contributed by atoms with Crippen molar-refractivity contribution >= 4 is 11.0 Å². The zero-order chi connectivity index (χ0) is 21.7. The van der Waals surface area contributed by atoms with Crippen LogP contribution in [0.2, 0.25) is 0 Å². The third kappa shape index (κ3) is 3.40. The van der Waals surface area contributed by atoms with Crippen LogP contribution in [-0.2, 0) is 13.6 Å². The summed E-state index contributed by atoms with van der Waals surface area (Å²) in [5.74, 6) is 2.18. The second-order valence-corrected chi connectivity index (χ2v) is 8.45. The average Bonchev–Trinajstić information content (AvgIpc) is 3.51. The van der Waals surface area contributed by atoms with Crippen molar-refractivity contribution in [2.24, 2.45) is 7.05 Å². The van der Waals surface area contributed by atoms with Gasteiger partial charge in [0, 0.05) is 30.9 Å². The minimum absolute atomic E-state index is 0.166. The van der Waals surface area contributed by atoms with Crippen LogP contribution >= 0.6 is 0 Å². The molecular weight excluding hydrogens is 409 g/mol. The molecule has 4 aromatic rings. The number of likely N-dealkylation sites (tertiary alicyclic amines) is 1. The van der Waals surface area contributed by atoms with Gasteiger partial charge in [-0.05, 0) is 55.8 Å². The molecule has 0 radical (unpaired) electrons. The molecule has 7 nitrogen and oxygen atoms in total. The number of aromatic nitrogens is 4. The topological polar surface area (TPSA) is 68.2 Å². The molecule has 1 N–H and O–H groups in total. The summed E-state index contributed by atoms with van der Waals surface area (Å²) in [6, 6.07) is 10.9. The number of hydrogen-bond acceptors (Lipinski definition) is 5. The number of aryl methyl sites for hydroxylation is 1. The van der Waals surface area contributed by atoms with Crippen molar-refractivity contribution < 1.29 is 13.9 Å². The maximum Gasteiger partial charge on any atom is 0.162 e. The average molecular weight is 433 g/mol. The predicted octanol–water partition coefficient (Wildman–Crippen LogP) is 4.21. The van der Waals surface area contributed by atoms with Crippen LogP contribution in [0, 0.1) is 5.82 Å². The number of H-pyrrole nitrogens is 1. The molecule has 2 aliphatic heterocycles. The summed E-state index contributed by atoms with van der Waals surface area (Å²) in [7, 11) is 1.94. The van der Waals surface area contributed by atoms with Gasteiger partial charge in [0.2, 0.25) is 0 Å². The molecule has 0 unspecified atom stereocenters. The van der Waals surface area contributed by atoms with Gasteiger partial charge in [-0.3, -0.25) is 9.58 Å². The quantitative estimate of drug-likeness (QED) is 0.522. The molecule has 0 amide bonds. The van der Waals surface area contributed by atoms with E-state index in [4.69, 9.17) is 19.6 Å². The summed E-state index contributed by atoms with van der Waals surface area (Å²) in [4.78, 5) is 10.5. The lowest BCUT2D eigenvalue weighted by Gasteiger charge is -2.23. The molecule has 0 saturated carbocycles. The highest BCUT2D eigenvalue weighted by Crippen LogP contribution is 2.37. The van der Waals surface area contributed by atoms with Crippen LogP contribution in [-0.4, -0.2) is 44.4 Å². The van der Waals surface area contributed by atoms with E-state index in [-0.39, 0.29) is 11.9 Å². The fraction of sp³-hybridized carbons (Fsp3) is 0.333. The Morgan fingerprint density at radius 1 is 1.12 bits per heavy atom. The highest BCUT2D eigenvalue weighted by Gasteiger charge is 2.30. The third-order valence-electron chi connectivity index (χ3n) is 6.24. The van der Waals surface area contributed by atoms with E-state index in [1.54, 1.807) is 6.07 Å². The summed E-state index contributed by atoms with van der Waals surface area (Å²) in [6.45, 7) is 2.87. The zero-order valence-electron chi connectivity index (χ0n) is 17.8. The summed E-state index contributed by atoms with van der Waals surface area (Å²) >= 11 is 0. The standard InChI is InChI=1S/C24H24FN5O2/c1-29-13-16(23(28-29)15-4-7-21-22(11-15)32-10-9-31-21)14-30-8-2-3-20(30)24-26-18-6-5-17(25)12-19(18)27-24/h4-7,11-13,20H,2-3,8-10,14H2,1H3,(H,26,27)/t20-/m0/s1. The molecule has 0 aliphatic carbocycles. The van der Waals surface area contributed by atoms with Gasteiger partial charge in [0.1, 0.15) is 24.9 Å². The molecule has 0 spiro atoms. The molecule has 32 heavy (non-hydrogen) atoms. The van der Waals surface area contributed by atoms with Crippen molar-refractivity contribution in [1.29, 1.82) is 0 Å². The van der Waals surface area contributed by atoms with Gasteiger partial charge >= 0.3 is 0 Å². The summed E-state index contributed by atoms with van der Waals surface area (Å²) in [5.41, 5.74) is 4.65. The second-order valence-electron chi connectivity index (χ2n) is 8.45. The van der Waals surface area contributed by atoms with Crippen molar-refractivity contribution in [2.45, 2.75) is 25.4 Å². The molecule has 1 fully saturated rings. The first-order chi connectivity index (χ1) is 15.6. The van der Waals surface area contributed by atoms with Crippen molar-refractivity contribution in [3.8, 4) is 22.8 Å². The van der Waals surface area contributed by atoms with Gasteiger partial charge < -0.3 is 14.5 Å². The molecular formula is C24H24FN5O2. The number of nitrogens with zero attached hydrogens (tertiary/aromatic N) is 4. The van der Waals surface area contributed by atoms with E-state index in [9.17, 15) is 4.39 Å². The van der Waals surface area contributed by atoms with E-state index in [1.165, 1.54) is 12.1 Å². The molecule has 164 valence electrons. The number of rotatable bonds is 4. The van der Waals surface area contributed by atoms with E-state index < -0.39 is 0 Å². The van der Waals surface area contributed by atoms with Crippen LogP contribution < -0.4 is 9.47 Å². The summed E-state index contributed by atoms with van der Waals surface area (Å²) < 4.78 is 26.9. The summed E-state index contributed by atoms with van der Waals surface area (Å²) in [6.07, 6.45) is 4.19. The fourth-order valence-electron chi connectivity index (χ4n) is 4.79. The Balaban J connectivity index is 1.30. The van der Waals surface area contributed by atoms with E-state index in [1.807, 2.05) is 29.9 Å². The minimum Gasteiger partial charge on any atom is -0.486 e. The van der Waals surface area contributed by atoms with Gasteiger partial charge in [0.15, 0.2) is 11.5 Å². The first-order valence-electron chi connectivity index (χ1n) is 11.0. The maximum absolute atomic E-state index is 13.6. The zero-order valence-corrected chi connectivity index (χ0v) is 17.8. The van der Waals surface area contributed by atoms with Crippen LogP contribution in [0.15, 0.2) is 42.6 Å². The highest BCUT2D eigenvalue weighted by molar-refractivity contribution is 5.75. The van der Waals surface area contributed by atoms with Gasteiger partial charge in [0.25, 0.3) is 0 Å². The van der Waals surface area contributed by atoms with Crippen molar-refractivity contribution in [2.75, 3.05) is 19.8 Å². The van der Waals surface area contributed by atoms with Crippen LogP contribution in [0.5, 0.6) is 11.5 Å². The normalized spacial score (nSPS) is 18.5. The molecule has 0 bridgehead atoms. The molecule has 1 atom stereocenters. The third-order valence-corrected chi connectivity index (χ3v) is 6.24. The SMILES string of the molecule is Cn1cc(CN2CCC[C@H]2c2nc3ccc(F)cc3[nH]2)c(-c2ccc3c(c2)OCCO3)n1. The number of nitrogens with one attached hydrogen (secondary N) is 1. The minimum atomic E-state index is -0.254. The smallest absolute Gasteiger partial charge is 0.162 e. The Hall–Kier alpha value is -3.39. The van der Waals surface area contributed by atoms with Crippen LogP contribution in [0.25, 0.3) is 22.3 Å². The molecule has 2 aliphatic rings. The lowest BCUT2D eigenvalue weighted by molar-refractivity contribution is 0.171.